The van der Waals surface area contributed by atoms with E-state index >= 15 is 0 Å². The van der Waals surface area contributed by atoms with Crippen LogP contribution in [0.1, 0.15) is 31.2 Å². The predicted octanol–water partition coefficient (Wildman–Crippen LogP) is 4.40. The lowest BCUT2D eigenvalue weighted by Crippen LogP contribution is -2.36. The van der Waals surface area contributed by atoms with Gasteiger partial charge in [-0.3, -0.25) is 4.79 Å². The lowest BCUT2D eigenvalue weighted by Gasteiger charge is -2.28. The Morgan fingerprint density at radius 1 is 1.00 bits per heavy atom. The van der Waals surface area contributed by atoms with Crippen molar-refractivity contribution in [2.75, 3.05) is 24.3 Å². The second-order valence-corrected chi connectivity index (χ2v) is 8.51. The van der Waals surface area contributed by atoms with E-state index in [4.69, 9.17) is 0 Å². The SMILES string of the molecule is CN(C)c1nc(NC2CCC(C(=O)NCc3c(F)ccc(F)c3F)CC2)nc2ccccc12. The normalized spacial score (nSPS) is 18.2. The van der Waals surface area contributed by atoms with Crippen LogP contribution in [0.2, 0.25) is 0 Å². The van der Waals surface area contributed by atoms with Crippen molar-refractivity contribution in [2.24, 2.45) is 5.92 Å². The summed E-state index contributed by atoms with van der Waals surface area (Å²) in [5.41, 5.74) is 0.382. The largest absolute Gasteiger partial charge is 0.362 e. The molecule has 33 heavy (non-hydrogen) atoms. The minimum absolute atomic E-state index is 0.114. The van der Waals surface area contributed by atoms with Gasteiger partial charge in [0.15, 0.2) is 11.6 Å². The summed E-state index contributed by atoms with van der Waals surface area (Å²) in [7, 11) is 3.87. The zero-order valence-corrected chi connectivity index (χ0v) is 18.5. The molecular formula is C24H26F3N5O. The van der Waals surface area contributed by atoms with E-state index in [0.717, 1.165) is 41.7 Å². The number of halogens is 3. The molecule has 0 bridgehead atoms. The van der Waals surface area contributed by atoms with E-state index in [1.807, 2.05) is 43.3 Å². The van der Waals surface area contributed by atoms with Gasteiger partial charge in [0.25, 0.3) is 0 Å². The first-order valence-electron chi connectivity index (χ1n) is 10.9. The van der Waals surface area contributed by atoms with Gasteiger partial charge >= 0.3 is 0 Å². The second kappa shape index (κ2) is 9.64. The van der Waals surface area contributed by atoms with Crippen molar-refractivity contribution in [2.45, 2.75) is 38.3 Å². The summed E-state index contributed by atoms with van der Waals surface area (Å²) in [5, 5.41) is 6.90. The second-order valence-electron chi connectivity index (χ2n) is 8.51. The maximum Gasteiger partial charge on any atom is 0.225 e. The van der Waals surface area contributed by atoms with Crippen molar-refractivity contribution in [3.8, 4) is 0 Å². The fourth-order valence-corrected chi connectivity index (χ4v) is 4.20. The maximum atomic E-state index is 13.8. The summed E-state index contributed by atoms with van der Waals surface area (Å²) >= 11 is 0. The highest BCUT2D eigenvalue weighted by atomic mass is 19.2. The third kappa shape index (κ3) is 5.02. The van der Waals surface area contributed by atoms with Crippen molar-refractivity contribution < 1.29 is 18.0 Å². The molecule has 3 aromatic rings. The van der Waals surface area contributed by atoms with E-state index in [1.54, 1.807) is 0 Å². The summed E-state index contributed by atoms with van der Waals surface area (Å²) in [4.78, 5) is 23.7. The van der Waals surface area contributed by atoms with Crippen LogP contribution in [0.25, 0.3) is 10.9 Å². The molecule has 4 rings (SSSR count). The lowest BCUT2D eigenvalue weighted by molar-refractivity contribution is -0.126. The molecular weight excluding hydrogens is 431 g/mol. The van der Waals surface area contributed by atoms with Gasteiger partial charge in [-0.1, -0.05) is 12.1 Å². The van der Waals surface area contributed by atoms with E-state index in [-0.39, 0.29) is 24.4 Å². The van der Waals surface area contributed by atoms with Crippen molar-refractivity contribution in [3.63, 3.8) is 0 Å². The van der Waals surface area contributed by atoms with E-state index < -0.39 is 23.0 Å². The number of aromatic nitrogens is 2. The van der Waals surface area contributed by atoms with Gasteiger partial charge in [0.05, 0.1) is 5.52 Å². The number of para-hydroxylation sites is 1. The maximum absolute atomic E-state index is 13.8. The first kappa shape index (κ1) is 22.8. The van der Waals surface area contributed by atoms with Gasteiger partial charge in [-0.15, -0.1) is 0 Å². The summed E-state index contributed by atoms with van der Waals surface area (Å²) in [5.74, 6) is -2.47. The smallest absolute Gasteiger partial charge is 0.225 e. The quantitative estimate of drug-likeness (QED) is 0.537. The first-order chi connectivity index (χ1) is 15.8. The monoisotopic (exact) mass is 457 g/mol. The predicted molar refractivity (Wildman–Crippen MR) is 121 cm³/mol. The summed E-state index contributed by atoms with van der Waals surface area (Å²) in [6, 6.07) is 9.52. The fraction of sp³-hybridized carbons (Fsp3) is 0.375. The van der Waals surface area contributed by atoms with E-state index in [2.05, 4.69) is 20.6 Å². The van der Waals surface area contributed by atoms with Gasteiger partial charge in [0.2, 0.25) is 11.9 Å². The molecule has 0 aliphatic heterocycles. The van der Waals surface area contributed by atoms with E-state index in [0.29, 0.717) is 18.8 Å². The van der Waals surface area contributed by atoms with Gasteiger partial charge in [0, 0.05) is 43.5 Å². The van der Waals surface area contributed by atoms with Crippen LogP contribution < -0.4 is 15.5 Å². The highest BCUT2D eigenvalue weighted by molar-refractivity contribution is 5.90. The number of hydrogen-bond donors (Lipinski definition) is 2. The third-order valence-electron chi connectivity index (χ3n) is 6.02. The molecule has 0 unspecified atom stereocenters. The molecule has 1 saturated carbocycles. The lowest BCUT2D eigenvalue weighted by atomic mass is 9.85. The Bertz CT molecular complexity index is 1160. The van der Waals surface area contributed by atoms with Crippen LogP contribution in [-0.2, 0) is 11.3 Å². The van der Waals surface area contributed by atoms with Crippen LogP contribution >= 0.6 is 0 Å². The molecule has 0 radical (unpaired) electrons. The molecule has 2 aromatic carbocycles. The van der Waals surface area contributed by atoms with Crippen molar-refractivity contribution in [1.29, 1.82) is 0 Å². The summed E-state index contributed by atoms with van der Waals surface area (Å²) in [6.45, 7) is -0.384. The first-order valence-corrected chi connectivity index (χ1v) is 10.9. The topological polar surface area (TPSA) is 70.2 Å². The average Bonchev–Trinajstić information content (AvgIpc) is 2.81. The number of benzene rings is 2. The zero-order valence-electron chi connectivity index (χ0n) is 18.5. The Hall–Kier alpha value is -3.36. The third-order valence-corrected chi connectivity index (χ3v) is 6.02. The molecule has 1 fully saturated rings. The fourth-order valence-electron chi connectivity index (χ4n) is 4.20. The molecule has 174 valence electrons. The minimum atomic E-state index is -1.27. The standard InChI is InChI=1S/C24H26F3N5O/c1-32(2)22-16-5-3-4-6-20(16)30-24(31-22)29-15-9-7-14(8-10-15)23(33)28-13-17-18(25)11-12-19(26)21(17)27/h3-6,11-12,14-15H,7-10,13H2,1-2H3,(H,28,33)(H,29,30,31). The number of hydrogen-bond acceptors (Lipinski definition) is 5. The Morgan fingerprint density at radius 2 is 1.70 bits per heavy atom. The number of rotatable bonds is 6. The van der Waals surface area contributed by atoms with Crippen molar-refractivity contribution >= 4 is 28.6 Å². The average molecular weight is 458 g/mol. The van der Waals surface area contributed by atoms with Crippen molar-refractivity contribution in [1.82, 2.24) is 15.3 Å². The minimum Gasteiger partial charge on any atom is -0.362 e. The van der Waals surface area contributed by atoms with Crippen LogP contribution in [0.3, 0.4) is 0 Å². The number of fused-ring (bicyclic) bond motifs is 1. The van der Waals surface area contributed by atoms with Gasteiger partial charge in [0.1, 0.15) is 11.6 Å². The molecule has 0 atom stereocenters. The number of amides is 1. The van der Waals surface area contributed by atoms with Crippen LogP contribution in [0.4, 0.5) is 24.9 Å². The van der Waals surface area contributed by atoms with Crippen LogP contribution in [0.5, 0.6) is 0 Å². The van der Waals surface area contributed by atoms with Gasteiger partial charge < -0.3 is 15.5 Å². The Labute approximate surface area is 190 Å². The molecule has 0 saturated heterocycles. The molecule has 0 spiro atoms. The number of carbonyl (C=O) groups excluding carboxylic acids is 1. The van der Waals surface area contributed by atoms with Crippen LogP contribution in [0.15, 0.2) is 36.4 Å². The molecule has 9 heteroatoms. The Morgan fingerprint density at radius 3 is 2.42 bits per heavy atom. The molecule has 1 aromatic heterocycles. The highest BCUT2D eigenvalue weighted by Crippen LogP contribution is 2.28. The van der Waals surface area contributed by atoms with Gasteiger partial charge in [-0.2, -0.15) is 4.98 Å². The van der Waals surface area contributed by atoms with Gasteiger partial charge in [-0.25, -0.2) is 18.2 Å². The van der Waals surface area contributed by atoms with Gasteiger partial charge in [-0.05, 0) is 49.9 Å². The number of anilines is 2. The molecule has 6 nitrogen and oxygen atoms in total. The Kier molecular flexibility index (Phi) is 6.67. The highest BCUT2D eigenvalue weighted by Gasteiger charge is 2.27. The summed E-state index contributed by atoms with van der Waals surface area (Å²) in [6.07, 6.45) is 2.69. The number of nitrogens with zero attached hydrogens (tertiary/aromatic N) is 3. The molecule has 1 amide bonds. The Balaban J connectivity index is 1.35. The van der Waals surface area contributed by atoms with E-state index in [9.17, 15) is 18.0 Å². The number of nitrogens with one attached hydrogen (secondary N) is 2. The zero-order chi connectivity index (χ0) is 23.5. The summed E-state index contributed by atoms with van der Waals surface area (Å²) < 4.78 is 40.9. The molecule has 1 heterocycles. The number of carbonyl (C=O) groups is 1. The molecule has 1 aliphatic carbocycles. The van der Waals surface area contributed by atoms with Crippen LogP contribution in [0, 0.1) is 23.4 Å². The van der Waals surface area contributed by atoms with E-state index in [1.165, 1.54) is 0 Å². The van der Waals surface area contributed by atoms with Crippen LogP contribution in [-0.4, -0.2) is 36.0 Å². The molecule has 1 aliphatic rings. The van der Waals surface area contributed by atoms with Crippen molar-refractivity contribution in [3.05, 3.63) is 59.4 Å². The molecule has 2 N–H and O–H groups in total.